The first kappa shape index (κ1) is 15.8. The van der Waals surface area contributed by atoms with Gasteiger partial charge in [0.15, 0.2) is 0 Å². The van der Waals surface area contributed by atoms with Gasteiger partial charge in [0.05, 0.1) is 0 Å². The van der Waals surface area contributed by atoms with E-state index in [2.05, 4.69) is 0 Å². The van der Waals surface area contributed by atoms with Crippen LogP contribution in [-0.2, 0) is 19.1 Å². The number of hydrogen-bond acceptors (Lipinski definition) is 4. The van der Waals surface area contributed by atoms with Crippen LogP contribution in [0.5, 0.6) is 0 Å². The molecule has 0 amide bonds. The minimum atomic E-state index is -4.10. The second-order valence-corrected chi connectivity index (χ2v) is 9.14. The fourth-order valence-corrected chi connectivity index (χ4v) is 5.61. The topological polar surface area (TPSA) is 71.5 Å². The van der Waals surface area contributed by atoms with E-state index in [-0.39, 0.29) is 9.79 Å². The molecule has 1 saturated heterocycles. The summed E-state index contributed by atoms with van der Waals surface area (Å²) in [5.41, 5.74) is 0. The predicted molar refractivity (Wildman–Crippen MR) is 76.7 cm³/mol. The van der Waals surface area contributed by atoms with E-state index in [4.69, 9.17) is 10.7 Å². The van der Waals surface area contributed by atoms with E-state index in [1.165, 1.54) is 28.6 Å². The third-order valence-electron chi connectivity index (χ3n) is 3.29. The van der Waals surface area contributed by atoms with Crippen LogP contribution in [-0.4, -0.2) is 34.2 Å². The van der Waals surface area contributed by atoms with Crippen molar-refractivity contribution in [1.29, 1.82) is 0 Å². The lowest BCUT2D eigenvalue weighted by Crippen LogP contribution is -2.32. The van der Waals surface area contributed by atoms with Crippen LogP contribution in [0.2, 0.25) is 0 Å². The van der Waals surface area contributed by atoms with Crippen LogP contribution >= 0.6 is 10.7 Å². The molecule has 1 fully saturated rings. The average Bonchev–Trinajstić information content (AvgIpc) is 2.67. The molecule has 1 aromatic rings. The highest BCUT2D eigenvalue weighted by atomic mass is 35.7. The second kappa shape index (κ2) is 6.01. The van der Waals surface area contributed by atoms with Gasteiger partial charge in [0.2, 0.25) is 10.0 Å². The van der Waals surface area contributed by atoms with Crippen molar-refractivity contribution >= 4 is 29.8 Å². The Kier molecular flexibility index (Phi) is 4.73. The molecule has 20 heavy (non-hydrogen) atoms. The molecule has 0 aliphatic carbocycles. The Morgan fingerprint density at radius 2 is 1.35 bits per heavy atom. The monoisotopic (exact) mass is 337 g/mol. The highest BCUT2D eigenvalue weighted by molar-refractivity contribution is 8.14. The zero-order valence-electron chi connectivity index (χ0n) is 10.8. The molecule has 0 saturated carbocycles. The molecule has 0 atom stereocenters. The van der Waals surface area contributed by atoms with E-state index in [0.29, 0.717) is 13.1 Å². The molecule has 1 aromatic carbocycles. The number of sulfonamides is 1. The number of hydrogen-bond donors (Lipinski definition) is 0. The van der Waals surface area contributed by atoms with Gasteiger partial charge in [-0.1, -0.05) is 25.0 Å². The molecule has 0 spiro atoms. The molecule has 0 N–H and O–H groups in total. The van der Waals surface area contributed by atoms with Gasteiger partial charge in [-0.25, -0.2) is 16.8 Å². The number of rotatable bonds is 3. The van der Waals surface area contributed by atoms with Crippen LogP contribution in [0.15, 0.2) is 34.1 Å². The minimum absolute atomic E-state index is 0.239. The Bertz CT molecular complexity index is 677. The van der Waals surface area contributed by atoms with Crippen molar-refractivity contribution in [2.45, 2.75) is 35.5 Å². The lowest BCUT2D eigenvalue weighted by atomic mass is 10.2. The Hall–Kier alpha value is -0.630. The van der Waals surface area contributed by atoms with Crippen LogP contribution < -0.4 is 0 Å². The van der Waals surface area contributed by atoms with Crippen molar-refractivity contribution in [3.63, 3.8) is 0 Å². The summed E-state index contributed by atoms with van der Waals surface area (Å²) in [5.74, 6) is 0. The van der Waals surface area contributed by atoms with Gasteiger partial charge in [-0.05, 0) is 25.0 Å². The zero-order chi connectivity index (χ0) is 14.8. The number of halogens is 1. The molecule has 0 unspecified atom stereocenters. The first-order chi connectivity index (χ1) is 9.33. The average molecular weight is 338 g/mol. The van der Waals surface area contributed by atoms with Gasteiger partial charge >= 0.3 is 0 Å². The summed E-state index contributed by atoms with van der Waals surface area (Å²) in [4.78, 5) is -0.595. The summed E-state index contributed by atoms with van der Waals surface area (Å²) in [6, 6.07) is 5.45. The van der Waals surface area contributed by atoms with Gasteiger partial charge in [0, 0.05) is 23.8 Å². The van der Waals surface area contributed by atoms with Gasteiger partial charge in [-0.2, -0.15) is 4.31 Å². The Morgan fingerprint density at radius 3 is 1.85 bits per heavy atom. The number of benzene rings is 1. The standard InChI is InChI=1S/C12H16ClNO4S2/c13-19(15,16)11-7-3-4-8-12(11)20(17,18)14-9-5-1-2-6-10-14/h3-4,7-8H,1-2,5-6,9-10H2. The molecule has 8 heteroatoms. The molecular formula is C12H16ClNO4S2. The normalized spacial score (nSPS) is 18.6. The van der Waals surface area contributed by atoms with Crippen LogP contribution in [0.25, 0.3) is 0 Å². The van der Waals surface area contributed by atoms with Crippen LogP contribution in [0.4, 0.5) is 0 Å². The van der Waals surface area contributed by atoms with E-state index in [9.17, 15) is 16.8 Å². The van der Waals surface area contributed by atoms with Gasteiger partial charge in [0.25, 0.3) is 9.05 Å². The highest BCUT2D eigenvalue weighted by Crippen LogP contribution is 2.28. The number of nitrogens with zero attached hydrogens (tertiary/aromatic N) is 1. The molecule has 0 bridgehead atoms. The summed E-state index contributed by atoms with van der Waals surface area (Å²) < 4.78 is 49.6. The fourth-order valence-electron chi connectivity index (χ4n) is 2.29. The molecular weight excluding hydrogens is 322 g/mol. The van der Waals surface area contributed by atoms with E-state index in [1.54, 1.807) is 0 Å². The van der Waals surface area contributed by atoms with E-state index >= 15 is 0 Å². The smallest absolute Gasteiger partial charge is 0.207 e. The summed E-state index contributed by atoms with van der Waals surface area (Å²) >= 11 is 0. The Morgan fingerprint density at radius 1 is 0.850 bits per heavy atom. The van der Waals surface area contributed by atoms with Crippen molar-refractivity contribution in [2.24, 2.45) is 0 Å². The third-order valence-corrected chi connectivity index (χ3v) is 6.76. The van der Waals surface area contributed by atoms with Crippen molar-refractivity contribution in [2.75, 3.05) is 13.1 Å². The SMILES string of the molecule is O=S(=O)(Cl)c1ccccc1S(=O)(=O)N1CCCCCC1. The lowest BCUT2D eigenvalue weighted by Gasteiger charge is -2.20. The lowest BCUT2D eigenvalue weighted by molar-refractivity contribution is 0.422. The van der Waals surface area contributed by atoms with Gasteiger partial charge < -0.3 is 0 Å². The van der Waals surface area contributed by atoms with E-state index < -0.39 is 19.1 Å². The van der Waals surface area contributed by atoms with Crippen LogP contribution in [0, 0.1) is 0 Å². The maximum atomic E-state index is 12.6. The summed E-state index contributed by atoms with van der Waals surface area (Å²) in [6.45, 7) is 0.831. The van der Waals surface area contributed by atoms with Crippen LogP contribution in [0.3, 0.4) is 0 Å². The van der Waals surface area contributed by atoms with Crippen molar-refractivity contribution in [3.05, 3.63) is 24.3 Å². The molecule has 0 radical (unpaired) electrons. The quantitative estimate of drug-likeness (QED) is 0.792. The van der Waals surface area contributed by atoms with E-state index in [1.807, 2.05) is 0 Å². The minimum Gasteiger partial charge on any atom is -0.207 e. The molecule has 0 aromatic heterocycles. The highest BCUT2D eigenvalue weighted by Gasteiger charge is 2.30. The predicted octanol–water partition coefficient (Wildman–Crippen LogP) is 2.18. The van der Waals surface area contributed by atoms with E-state index in [0.717, 1.165) is 25.7 Å². The molecule has 5 nitrogen and oxygen atoms in total. The fraction of sp³-hybridized carbons (Fsp3) is 0.500. The molecule has 1 aliphatic rings. The van der Waals surface area contributed by atoms with Crippen molar-refractivity contribution in [1.82, 2.24) is 4.31 Å². The van der Waals surface area contributed by atoms with Gasteiger partial charge in [0.1, 0.15) is 9.79 Å². The zero-order valence-corrected chi connectivity index (χ0v) is 13.2. The first-order valence-electron chi connectivity index (χ1n) is 6.37. The molecule has 112 valence electrons. The summed E-state index contributed by atoms with van der Waals surface area (Å²) in [7, 11) is -2.60. The van der Waals surface area contributed by atoms with Gasteiger partial charge in [-0.3, -0.25) is 0 Å². The Balaban J connectivity index is 2.49. The molecule has 1 aliphatic heterocycles. The Labute approximate surface area is 124 Å². The summed E-state index contributed by atoms with van der Waals surface area (Å²) in [6.07, 6.45) is 3.55. The maximum Gasteiger partial charge on any atom is 0.262 e. The largest absolute Gasteiger partial charge is 0.262 e. The summed E-state index contributed by atoms with van der Waals surface area (Å²) in [5, 5.41) is 0. The third kappa shape index (κ3) is 3.33. The van der Waals surface area contributed by atoms with Crippen LogP contribution in [0.1, 0.15) is 25.7 Å². The van der Waals surface area contributed by atoms with Gasteiger partial charge in [-0.15, -0.1) is 0 Å². The first-order valence-corrected chi connectivity index (χ1v) is 10.1. The van der Waals surface area contributed by atoms with Crippen molar-refractivity contribution in [3.8, 4) is 0 Å². The molecule has 2 rings (SSSR count). The maximum absolute atomic E-state index is 12.6. The molecule has 1 heterocycles. The van der Waals surface area contributed by atoms with Crippen molar-refractivity contribution < 1.29 is 16.8 Å². The second-order valence-electron chi connectivity index (χ2n) is 4.70.